The molecule has 0 fully saturated rings. The molecule has 0 amide bonds. The molecule has 0 saturated heterocycles. The van der Waals surface area contributed by atoms with Crippen LogP contribution in [0.3, 0.4) is 0 Å². The fraction of sp³-hybridized carbons (Fsp3) is 0.0588. The molecule has 5 heteroatoms. The van der Waals surface area contributed by atoms with E-state index < -0.39 is 0 Å². The van der Waals surface area contributed by atoms with Crippen molar-refractivity contribution in [2.75, 3.05) is 0 Å². The minimum atomic E-state index is 0.709. The summed E-state index contributed by atoms with van der Waals surface area (Å²) in [6.45, 7) is 4.55. The molecule has 110 valence electrons. The van der Waals surface area contributed by atoms with Crippen LogP contribution in [0.5, 0.6) is 0 Å². The van der Waals surface area contributed by atoms with Gasteiger partial charge in [0, 0.05) is 16.8 Å². The Hall–Kier alpha value is -2.24. The molecule has 0 N–H and O–H groups in total. The number of hydrogen-bond donors (Lipinski definition) is 0. The van der Waals surface area contributed by atoms with Gasteiger partial charge in [-0.25, -0.2) is 0 Å². The third-order valence-corrected chi connectivity index (χ3v) is 4.71. The van der Waals surface area contributed by atoms with Crippen LogP contribution in [0, 0.1) is 0 Å². The Kier molecular flexibility index (Phi) is 4.78. The molecular formula is C17H15N3S2. The van der Waals surface area contributed by atoms with Gasteiger partial charge in [-0.2, -0.15) is 5.10 Å². The van der Waals surface area contributed by atoms with Crippen LogP contribution in [0.1, 0.15) is 4.88 Å². The van der Waals surface area contributed by atoms with Gasteiger partial charge in [0.25, 0.3) is 0 Å². The number of aromatic nitrogens is 1. The lowest BCUT2D eigenvalue weighted by Crippen LogP contribution is -2.14. The molecule has 22 heavy (non-hydrogen) atoms. The molecule has 2 heterocycles. The van der Waals surface area contributed by atoms with Crippen molar-refractivity contribution in [2.45, 2.75) is 6.54 Å². The molecule has 3 rings (SSSR count). The highest BCUT2D eigenvalue weighted by Gasteiger charge is 2.06. The second kappa shape index (κ2) is 7.15. The van der Waals surface area contributed by atoms with E-state index in [-0.39, 0.29) is 0 Å². The van der Waals surface area contributed by atoms with Crippen LogP contribution in [-0.4, -0.2) is 10.8 Å². The van der Waals surface area contributed by atoms with Gasteiger partial charge >= 0.3 is 0 Å². The van der Waals surface area contributed by atoms with E-state index in [9.17, 15) is 0 Å². The lowest BCUT2D eigenvalue weighted by molar-refractivity contribution is 0.789. The minimum Gasteiger partial charge on any atom is -0.311 e. The molecule has 0 saturated carbocycles. The van der Waals surface area contributed by atoms with Crippen molar-refractivity contribution in [1.29, 1.82) is 0 Å². The van der Waals surface area contributed by atoms with Gasteiger partial charge in [-0.1, -0.05) is 42.5 Å². The Morgan fingerprint density at radius 3 is 2.68 bits per heavy atom. The van der Waals surface area contributed by atoms with Crippen molar-refractivity contribution in [2.24, 2.45) is 10.2 Å². The van der Waals surface area contributed by atoms with Gasteiger partial charge in [0.05, 0.1) is 11.9 Å². The van der Waals surface area contributed by atoms with Crippen molar-refractivity contribution < 1.29 is 0 Å². The summed E-state index contributed by atoms with van der Waals surface area (Å²) < 4.78 is 2.12. The Labute approximate surface area is 137 Å². The summed E-state index contributed by atoms with van der Waals surface area (Å²) in [6.07, 6.45) is 3.66. The molecular weight excluding hydrogens is 310 g/mol. The normalized spacial score (nSPS) is 12.1. The van der Waals surface area contributed by atoms with E-state index in [2.05, 4.69) is 38.9 Å². The Bertz CT molecular complexity index is 824. The van der Waals surface area contributed by atoms with Gasteiger partial charge in [-0.15, -0.1) is 34.4 Å². The topological polar surface area (TPSA) is 29.6 Å². The highest BCUT2D eigenvalue weighted by molar-refractivity contribution is 7.11. The van der Waals surface area contributed by atoms with Crippen LogP contribution in [0.25, 0.3) is 11.3 Å². The van der Waals surface area contributed by atoms with Crippen molar-refractivity contribution in [1.82, 2.24) is 4.57 Å². The van der Waals surface area contributed by atoms with E-state index in [1.807, 2.05) is 41.8 Å². The van der Waals surface area contributed by atoms with Crippen LogP contribution < -0.4 is 4.80 Å². The number of thiazole rings is 1. The Morgan fingerprint density at radius 2 is 1.95 bits per heavy atom. The second-order valence-corrected chi connectivity index (χ2v) is 6.34. The number of benzene rings is 1. The summed E-state index contributed by atoms with van der Waals surface area (Å²) in [7, 11) is 0. The molecule has 3 aromatic rings. The molecule has 1 aromatic carbocycles. The average Bonchev–Trinajstić information content (AvgIpc) is 3.19. The molecule has 2 aromatic heterocycles. The van der Waals surface area contributed by atoms with E-state index in [0.29, 0.717) is 6.54 Å². The third kappa shape index (κ3) is 3.32. The quantitative estimate of drug-likeness (QED) is 0.378. The first kappa shape index (κ1) is 14.7. The van der Waals surface area contributed by atoms with Crippen LogP contribution >= 0.6 is 22.7 Å². The van der Waals surface area contributed by atoms with Crippen LogP contribution in [0.15, 0.2) is 76.1 Å². The monoisotopic (exact) mass is 325 g/mol. The van der Waals surface area contributed by atoms with Gasteiger partial charge in [0.2, 0.25) is 4.80 Å². The summed E-state index contributed by atoms with van der Waals surface area (Å²) in [5, 5.41) is 12.7. The predicted octanol–water partition coefficient (Wildman–Crippen LogP) is 4.40. The largest absolute Gasteiger partial charge is 0.311 e. The summed E-state index contributed by atoms with van der Waals surface area (Å²) in [5.74, 6) is 0. The Morgan fingerprint density at radius 1 is 1.09 bits per heavy atom. The fourth-order valence-corrected chi connectivity index (χ4v) is 3.51. The SMILES string of the molecule is C=CCn1c(-c2ccccc2)cs/c1=N/N=C/c1cccs1. The van der Waals surface area contributed by atoms with Crippen LogP contribution in [0.2, 0.25) is 0 Å². The maximum absolute atomic E-state index is 4.36. The molecule has 3 nitrogen and oxygen atoms in total. The molecule has 0 aliphatic carbocycles. The van der Waals surface area contributed by atoms with Crippen LogP contribution in [0.4, 0.5) is 0 Å². The van der Waals surface area contributed by atoms with Gasteiger partial charge in [-0.3, -0.25) is 0 Å². The van der Waals surface area contributed by atoms with E-state index in [0.717, 1.165) is 15.4 Å². The van der Waals surface area contributed by atoms with Gasteiger partial charge < -0.3 is 4.57 Å². The molecule has 0 aliphatic heterocycles. The predicted molar refractivity (Wildman–Crippen MR) is 95.4 cm³/mol. The first-order valence-corrected chi connectivity index (χ1v) is 8.59. The zero-order chi connectivity index (χ0) is 15.2. The first-order valence-electron chi connectivity index (χ1n) is 6.83. The molecule has 0 aliphatic rings. The van der Waals surface area contributed by atoms with Gasteiger partial charge in [-0.05, 0) is 17.0 Å². The highest BCUT2D eigenvalue weighted by Crippen LogP contribution is 2.19. The number of thiophene rings is 1. The lowest BCUT2D eigenvalue weighted by Gasteiger charge is -2.05. The number of hydrogen-bond acceptors (Lipinski definition) is 4. The second-order valence-electron chi connectivity index (χ2n) is 4.53. The maximum atomic E-state index is 4.36. The maximum Gasteiger partial charge on any atom is 0.211 e. The van der Waals surface area contributed by atoms with Gasteiger partial charge in [0.1, 0.15) is 0 Å². The summed E-state index contributed by atoms with van der Waals surface area (Å²) >= 11 is 3.23. The zero-order valence-electron chi connectivity index (χ0n) is 11.9. The minimum absolute atomic E-state index is 0.709. The smallest absolute Gasteiger partial charge is 0.211 e. The van der Waals surface area contributed by atoms with Gasteiger partial charge in [0.15, 0.2) is 0 Å². The highest BCUT2D eigenvalue weighted by atomic mass is 32.1. The molecule has 0 unspecified atom stereocenters. The number of allylic oxidation sites excluding steroid dienone is 1. The van der Waals surface area contributed by atoms with E-state index in [4.69, 9.17) is 0 Å². The lowest BCUT2D eigenvalue weighted by atomic mass is 10.2. The van der Waals surface area contributed by atoms with E-state index >= 15 is 0 Å². The average molecular weight is 325 g/mol. The standard InChI is InChI=1S/C17H15N3S2/c1-2-10-20-16(14-7-4-3-5-8-14)13-22-17(20)19-18-12-15-9-6-11-21-15/h2-9,11-13H,1,10H2/b18-12+,19-17+. The molecule has 0 atom stereocenters. The fourth-order valence-electron chi connectivity index (χ4n) is 2.05. The third-order valence-electron chi connectivity index (χ3n) is 3.05. The number of rotatable bonds is 5. The summed E-state index contributed by atoms with van der Waals surface area (Å²) in [4.78, 5) is 1.96. The molecule has 0 spiro atoms. The van der Waals surface area contributed by atoms with Crippen molar-refractivity contribution in [3.8, 4) is 11.3 Å². The van der Waals surface area contributed by atoms with Crippen molar-refractivity contribution >= 4 is 28.9 Å². The molecule has 0 radical (unpaired) electrons. The van der Waals surface area contributed by atoms with E-state index in [1.165, 1.54) is 5.56 Å². The van der Waals surface area contributed by atoms with E-state index in [1.54, 1.807) is 28.9 Å². The van der Waals surface area contributed by atoms with Crippen molar-refractivity contribution in [3.05, 3.63) is 75.6 Å². The summed E-state index contributed by atoms with van der Waals surface area (Å²) in [6, 6.07) is 14.3. The summed E-state index contributed by atoms with van der Waals surface area (Å²) in [5.41, 5.74) is 2.31. The zero-order valence-corrected chi connectivity index (χ0v) is 13.6. The molecule has 0 bridgehead atoms. The number of nitrogens with zero attached hydrogens (tertiary/aromatic N) is 3. The Balaban J connectivity index is 1.98. The van der Waals surface area contributed by atoms with Crippen LogP contribution in [-0.2, 0) is 6.54 Å². The first-order chi connectivity index (χ1) is 10.9. The van der Waals surface area contributed by atoms with Crippen molar-refractivity contribution in [3.63, 3.8) is 0 Å².